The van der Waals surface area contributed by atoms with Gasteiger partial charge in [0.05, 0.1) is 0 Å². The fourth-order valence-electron chi connectivity index (χ4n) is 8.04. The van der Waals surface area contributed by atoms with E-state index in [0.717, 1.165) is 43.9 Å². The lowest BCUT2D eigenvalue weighted by atomic mass is 9.88. The van der Waals surface area contributed by atoms with Crippen molar-refractivity contribution in [3.05, 3.63) is 158 Å². The summed E-state index contributed by atoms with van der Waals surface area (Å²) in [4.78, 5) is 9.31. The number of hydrogen-bond donors (Lipinski definition) is 0. The lowest BCUT2D eigenvalue weighted by Gasteiger charge is -2.15. The van der Waals surface area contributed by atoms with Gasteiger partial charge in [0, 0.05) is 11.6 Å². The molecule has 0 fully saturated rings. The van der Waals surface area contributed by atoms with Gasteiger partial charge in [-0.1, -0.05) is 115 Å². The summed E-state index contributed by atoms with van der Waals surface area (Å²) in [6.07, 6.45) is 1.77. The van der Waals surface area contributed by atoms with Crippen LogP contribution in [0, 0.1) is 0 Å². The fourth-order valence-corrected chi connectivity index (χ4v) is 8.04. The Hall–Kier alpha value is -6.58. The van der Waals surface area contributed by atoms with Crippen LogP contribution in [0.1, 0.15) is 0 Å². The van der Waals surface area contributed by atoms with Gasteiger partial charge in [0.25, 0.3) is 0 Å². The summed E-state index contributed by atoms with van der Waals surface area (Å²) in [7, 11) is 0. The van der Waals surface area contributed by atoms with E-state index in [1.54, 1.807) is 6.20 Å². The van der Waals surface area contributed by atoms with Crippen LogP contribution >= 0.6 is 0 Å². The van der Waals surface area contributed by atoms with Gasteiger partial charge in [-0.05, 0) is 119 Å². The van der Waals surface area contributed by atoms with E-state index in [0.29, 0.717) is 5.89 Å². The largest absolute Gasteiger partial charge is 0.434 e. The summed E-state index contributed by atoms with van der Waals surface area (Å²) in [6.45, 7) is 0. The summed E-state index contributed by atoms with van der Waals surface area (Å²) in [5.74, 6) is 0.531. The van der Waals surface area contributed by atoms with Crippen molar-refractivity contribution in [2.45, 2.75) is 0 Å². The first-order chi connectivity index (χ1) is 24.3. The molecule has 0 unspecified atom stereocenters. The maximum absolute atomic E-state index is 6.47. The van der Waals surface area contributed by atoms with Gasteiger partial charge in [0.2, 0.25) is 5.89 Å². The van der Waals surface area contributed by atoms with E-state index < -0.39 is 0 Å². The SMILES string of the molecule is c1ccc(-c2nc3ccc4ccc5ccc(-c6cc(-c7ccc8c9c(cccc79)-c7ccccc7-8)c7ccccc7c6)cc5c4c3o2)nc1. The van der Waals surface area contributed by atoms with Gasteiger partial charge < -0.3 is 4.42 Å². The number of oxazole rings is 1. The molecule has 3 nitrogen and oxygen atoms in total. The fraction of sp³-hybridized carbons (Fsp3) is 0. The summed E-state index contributed by atoms with van der Waals surface area (Å²) in [5.41, 5.74) is 12.4. The number of rotatable bonds is 3. The van der Waals surface area contributed by atoms with Crippen LogP contribution in [0.5, 0.6) is 0 Å². The predicted octanol–water partition coefficient (Wildman–Crippen LogP) is 12.5. The average Bonchev–Trinajstić information content (AvgIpc) is 3.75. The van der Waals surface area contributed by atoms with Crippen molar-refractivity contribution in [3.63, 3.8) is 0 Å². The Bertz CT molecular complexity index is 2960. The van der Waals surface area contributed by atoms with Crippen molar-refractivity contribution >= 4 is 54.2 Å². The van der Waals surface area contributed by atoms with Gasteiger partial charge in [-0.15, -0.1) is 0 Å². The van der Waals surface area contributed by atoms with E-state index in [-0.39, 0.29) is 0 Å². The highest BCUT2D eigenvalue weighted by molar-refractivity contribution is 6.21. The van der Waals surface area contributed by atoms with Gasteiger partial charge in [0.1, 0.15) is 11.2 Å². The molecule has 2 heterocycles. The Morgan fingerprint density at radius 2 is 1.14 bits per heavy atom. The van der Waals surface area contributed by atoms with Crippen molar-refractivity contribution in [2.75, 3.05) is 0 Å². The van der Waals surface area contributed by atoms with E-state index >= 15 is 0 Å². The quantitative estimate of drug-likeness (QED) is 0.184. The van der Waals surface area contributed by atoms with Gasteiger partial charge in [0.15, 0.2) is 5.58 Å². The van der Waals surface area contributed by atoms with Crippen LogP contribution in [0.3, 0.4) is 0 Å². The lowest BCUT2D eigenvalue weighted by Crippen LogP contribution is -1.88. The Morgan fingerprint density at radius 3 is 2.04 bits per heavy atom. The Balaban J connectivity index is 1.14. The van der Waals surface area contributed by atoms with Gasteiger partial charge in [-0.2, -0.15) is 0 Å². The molecule has 49 heavy (non-hydrogen) atoms. The van der Waals surface area contributed by atoms with Crippen LogP contribution in [-0.2, 0) is 0 Å². The third-order valence-electron chi connectivity index (χ3n) is 10.3. The number of aromatic nitrogens is 2. The molecule has 226 valence electrons. The molecule has 0 spiro atoms. The minimum Gasteiger partial charge on any atom is -0.434 e. The molecule has 0 aliphatic heterocycles. The summed E-state index contributed by atoms with van der Waals surface area (Å²) < 4.78 is 6.47. The minimum atomic E-state index is 0.531. The first kappa shape index (κ1) is 26.5. The second-order valence-electron chi connectivity index (χ2n) is 12.9. The number of benzene rings is 8. The summed E-state index contributed by atoms with van der Waals surface area (Å²) in [6, 6.07) is 54.7. The Morgan fingerprint density at radius 1 is 0.408 bits per heavy atom. The van der Waals surface area contributed by atoms with Crippen molar-refractivity contribution in [2.24, 2.45) is 0 Å². The molecule has 8 aromatic carbocycles. The first-order valence-corrected chi connectivity index (χ1v) is 16.6. The molecule has 0 amide bonds. The molecule has 0 saturated carbocycles. The molecule has 1 aliphatic rings. The summed E-state index contributed by atoms with van der Waals surface area (Å²) >= 11 is 0. The van der Waals surface area contributed by atoms with E-state index in [4.69, 9.17) is 9.40 Å². The van der Waals surface area contributed by atoms with Crippen LogP contribution in [0.4, 0.5) is 0 Å². The van der Waals surface area contributed by atoms with Crippen LogP contribution in [-0.4, -0.2) is 9.97 Å². The van der Waals surface area contributed by atoms with E-state index in [1.807, 2.05) is 24.3 Å². The van der Waals surface area contributed by atoms with Crippen molar-refractivity contribution < 1.29 is 4.42 Å². The standard InChI is InChI=1S/C46H26N2O/c1-2-9-32-30(8-1)24-31(26-40(32)35-20-21-38-34-11-4-3-10-33(34)36-12-7-13-37(35)44(36)38)29-18-16-27-15-17-28-19-22-41-45(43(28)39(27)25-29)49-46(48-41)42-14-5-6-23-47-42/h1-26H. The van der Waals surface area contributed by atoms with Crippen molar-refractivity contribution in [3.8, 4) is 56.1 Å². The van der Waals surface area contributed by atoms with Crippen LogP contribution in [0.25, 0.3) is 110 Å². The zero-order valence-electron chi connectivity index (χ0n) is 26.3. The molecule has 10 aromatic rings. The zero-order valence-corrected chi connectivity index (χ0v) is 26.3. The lowest BCUT2D eigenvalue weighted by molar-refractivity contribution is 0.620. The smallest absolute Gasteiger partial charge is 0.246 e. The maximum Gasteiger partial charge on any atom is 0.246 e. The molecule has 11 rings (SSSR count). The second kappa shape index (κ2) is 9.96. The highest BCUT2D eigenvalue weighted by Crippen LogP contribution is 2.50. The Labute approximate surface area is 281 Å². The van der Waals surface area contributed by atoms with Crippen molar-refractivity contribution in [1.29, 1.82) is 0 Å². The monoisotopic (exact) mass is 622 g/mol. The topological polar surface area (TPSA) is 38.9 Å². The van der Waals surface area contributed by atoms with E-state index in [2.05, 4.69) is 132 Å². The minimum absolute atomic E-state index is 0.531. The molecule has 0 atom stereocenters. The van der Waals surface area contributed by atoms with Crippen molar-refractivity contribution in [1.82, 2.24) is 9.97 Å². The van der Waals surface area contributed by atoms with Gasteiger partial charge >= 0.3 is 0 Å². The van der Waals surface area contributed by atoms with Crippen LogP contribution < -0.4 is 0 Å². The molecule has 0 saturated heterocycles. The van der Waals surface area contributed by atoms with E-state index in [1.165, 1.54) is 60.5 Å². The predicted molar refractivity (Wildman–Crippen MR) is 203 cm³/mol. The third kappa shape index (κ3) is 3.84. The van der Waals surface area contributed by atoms with Gasteiger partial charge in [-0.3, -0.25) is 4.98 Å². The van der Waals surface area contributed by atoms with E-state index in [9.17, 15) is 0 Å². The molecule has 0 N–H and O–H groups in total. The number of pyridine rings is 1. The number of hydrogen-bond acceptors (Lipinski definition) is 3. The molecule has 1 aliphatic carbocycles. The van der Waals surface area contributed by atoms with Crippen LogP contribution in [0.2, 0.25) is 0 Å². The highest BCUT2D eigenvalue weighted by Gasteiger charge is 2.23. The zero-order chi connectivity index (χ0) is 32.1. The molecular weight excluding hydrogens is 597 g/mol. The first-order valence-electron chi connectivity index (χ1n) is 16.6. The highest BCUT2D eigenvalue weighted by atomic mass is 16.3. The average molecular weight is 623 g/mol. The molecule has 2 aromatic heterocycles. The van der Waals surface area contributed by atoms with Gasteiger partial charge in [-0.25, -0.2) is 4.98 Å². The molecule has 0 bridgehead atoms. The third-order valence-corrected chi connectivity index (χ3v) is 10.3. The second-order valence-corrected chi connectivity index (χ2v) is 12.9. The maximum atomic E-state index is 6.47. The Kier molecular flexibility index (Phi) is 5.38. The normalized spacial score (nSPS) is 12.1. The number of nitrogens with zero attached hydrogens (tertiary/aromatic N) is 2. The molecule has 0 radical (unpaired) electrons. The van der Waals surface area contributed by atoms with Crippen LogP contribution in [0.15, 0.2) is 162 Å². The molecular formula is C46H26N2O. The summed E-state index contributed by atoms with van der Waals surface area (Å²) in [5, 5.41) is 9.59. The number of fused-ring (bicyclic) bond motifs is 9. The molecule has 3 heteroatoms.